The lowest BCUT2D eigenvalue weighted by Gasteiger charge is -2.23. The lowest BCUT2D eigenvalue weighted by molar-refractivity contribution is 0.0943. The minimum atomic E-state index is -0.0318. The molecule has 0 atom stereocenters. The van der Waals surface area contributed by atoms with Gasteiger partial charge in [0.25, 0.3) is 5.91 Å². The molecular formula is C23H32N4OS. The van der Waals surface area contributed by atoms with Gasteiger partial charge in [-0.3, -0.25) is 4.79 Å². The number of hydrogen-bond donors (Lipinski definition) is 1. The summed E-state index contributed by atoms with van der Waals surface area (Å²) in [6, 6.07) is 10.1. The Morgan fingerprint density at radius 1 is 1.14 bits per heavy atom. The molecule has 1 aliphatic heterocycles. The Labute approximate surface area is 178 Å². The van der Waals surface area contributed by atoms with Crippen molar-refractivity contribution in [3.05, 3.63) is 47.2 Å². The maximum absolute atomic E-state index is 12.1. The Hall–Kier alpha value is -2.08. The molecule has 1 amide bonds. The summed E-state index contributed by atoms with van der Waals surface area (Å²) in [6.45, 7) is 12.7. The predicted molar refractivity (Wildman–Crippen MR) is 121 cm³/mol. The molecule has 0 bridgehead atoms. The van der Waals surface area contributed by atoms with Crippen molar-refractivity contribution in [2.45, 2.75) is 69.8 Å². The Bertz CT molecular complexity index is 837. The highest BCUT2D eigenvalue weighted by Crippen LogP contribution is 2.29. The van der Waals surface area contributed by atoms with Crippen LogP contribution in [0.1, 0.15) is 69.1 Å². The van der Waals surface area contributed by atoms with E-state index in [1.807, 2.05) is 38.1 Å². The number of rotatable bonds is 6. The summed E-state index contributed by atoms with van der Waals surface area (Å²) in [5.74, 6) is 1.79. The molecule has 3 rings (SSSR count). The number of amides is 1. The number of anilines is 1. The molecule has 0 unspecified atom stereocenters. The normalized spacial score (nSPS) is 14.5. The molecule has 1 aromatic heterocycles. The third kappa shape index (κ3) is 5.95. The number of thioether (sulfide) groups is 1. The number of carbonyl (C=O) groups is 1. The molecule has 0 aliphatic carbocycles. The first kappa shape index (κ1) is 21.6. The third-order valence-corrected chi connectivity index (χ3v) is 5.81. The molecule has 1 aromatic carbocycles. The summed E-state index contributed by atoms with van der Waals surface area (Å²) in [5.41, 5.74) is 2.91. The summed E-state index contributed by atoms with van der Waals surface area (Å²) in [4.78, 5) is 24.1. The molecule has 1 fully saturated rings. The quantitative estimate of drug-likeness (QED) is 0.545. The van der Waals surface area contributed by atoms with Crippen molar-refractivity contribution < 1.29 is 4.79 Å². The third-order valence-electron chi connectivity index (χ3n) is 4.89. The van der Waals surface area contributed by atoms with Crippen molar-refractivity contribution in [3.8, 4) is 0 Å². The molecule has 29 heavy (non-hydrogen) atoms. The van der Waals surface area contributed by atoms with Crippen LogP contribution >= 0.6 is 11.8 Å². The molecule has 156 valence electrons. The van der Waals surface area contributed by atoms with Crippen molar-refractivity contribution in [1.82, 2.24) is 15.3 Å². The number of nitrogens with one attached hydrogen (secondary N) is 1. The van der Waals surface area contributed by atoms with Crippen LogP contribution in [0.3, 0.4) is 0 Å². The van der Waals surface area contributed by atoms with Crippen LogP contribution in [0.25, 0.3) is 0 Å². The van der Waals surface area contributed by atoms with E-state index in [1.54, 1.807) is 11.8 Å². The summed E-state index contributed by atoms with van der Waals surface area (Å²) in [6.07, 6.45) is 2.46. The van der Waals surface area contributed by atoms with Crippen molar-refractivity contribution in [3.63, 3.8) is 0 Å². The predicted octanol–water partition coefficient (Wildman–Crippen LogP) is 4.80. The van der Waals surface area contributed by atoms with Crippen LogP contribution in [-0.4, -0.2) is 35.0 Å². The van der Waals surface area contributed by atoms with Gasteiger partial charge in [0.2, 0.25) is 0 Å². The van der Waals surface area contributed by atoms with Gasteiger partial charge in [-0.05, 0) is 44.4 Å². The van der Waals surface area contributed by atoms with Gasteiger partial charge in [-0.1, -0.05) is 44.7 Å². The monoisotopic (exact) mass is 412 g/mol. The first-order chi connectivity index (χ1) is 13.7. The number of hydrogen-bond acceptors (Lipinski definition) is 5. The van der Waals surface area contributed by atoms with E-state index in [0.717, 1.165) is 41.1 Å². The Kier molecular flexibility index (Phi) is 6.83. The average Bonchev–Trinajstić information content (AvgIpc) is 3.20. The van der Waals surface area contributed by atoms with E-state index in [1.165, 1.54) is 12.8 Å². The molecule has 2 aromatic rings. The zero-order valence-corrected chi connectivity index (χ0v) is 19.0. The van der Waals surface area contributed by atoms with E-state index >= 15 is 0 Å². The van der Waals surface area contributed by atoms with E-state index in [9.17, 15) is 4.79 Å². The molecule has 0 saturated carbocycles. The molecule has 6 heteroatoms. The highest BCUT2D eigenvalue weighted by Gasteiger charge is 2.21. The zero-order valence-electron chi connectivity index (χ0n) is 18.2. The minimum absolute atomic E-state index is 0.0157. The lowest BCUT2D eigenvalue weighted by Crippen LogP contribution is -2.29. The maximum Gasteiger partial charge on any atom is 0.251 e. The molecule has 0 radical (unpaired) electrons. The SMILES string of the molecule is CC(C)NC(=O)c1ccc(CSc2nc(N3CCCC3)cc(C(C)(C)C)n2)cc1. The Morgan fingerprint density at radius 3 is 2.38 bits per heavy atom. The second kappa shape index (κ2) is 9.16. The van der Waals surface area contributed by atoms with Crippen molar-refractivity contribution in [1.29, 1.82) is 0 Å². The van der Waals surface area contributed by atoms with Gasteiger partial charge >= 0.3 is 0 Å². The first-order valence-corrected chi connectivity index (χ1v) is 11.4. The van der Waals surface area contributed by atoms with E-state index in [4.69, 9.17) is 9.97 Å². The summed E-state index contributed by atoms with van der Waals surface area (Å²) >= 11 is 1.65. The van der Waals surface area contributed by atoms with E-state index in [2.05, 4.69) is 37.1 Å². The second-order valence-corrected chi connectivity index (χ2v) is 9.89. The maximum atomic E-state index is 12.1. The smallest absolute Gasteiger partial charge is 0.251 e. The van der Waals surface area contributed by atoms with Crippen LogP contribution in [-0.2, 0) is 11.2 Å². The Balaban J connectivity index is 1.72. The van der Waals surface area contributed by atoms with Gasteiger partial charge < -0.3 is 10.2 Å². The van der Waals surface area contributed by atoms with Gasteiger partial charge in [0, 0.05) is 41.9 Å². The van der Waals surface area contributed by atoms with Crippen LogP contribution in [0.5, 0.6) is 0 Å². The fourth-order valence-corrected chi connectivity index (χ4v) is 4.02. The van der Waals surface area contributed by atoms with E-state index < -0.39 is 0 Å². The standard InChI is InChI=1S/C23H32N4OS/c1-16(2)24-21(28)18-10-8-17(9-11-18)15-29-22-25-19(23(3,4)5)14-20(26-22)27-12-6-7-13-27/h8-11,14,16H,6-7,12-13,15H2,1-5H3,(H,24,28). The topological polar surface area (TPSA) is 58.1 Å². The summed E-state index contributed by atoms with van der Waals surface area (Å²) < 4.78 is 0. The van der Waals surface area contributed by atoms with Crippen LogP contribution in [0.15, 0.2) is 35.5 Å². The van der Waals surface area contributed by atoms with Crippen molar-refractivity contribution >= 4 is 23.5 Å². The van der Waals surface area contributed by atoms with Crippen LogP contribution in [0, 0.1) is 0 Å². The molecule has 1 saturated heterocycles. The molecule has 0 spiro atoms. The van der Waals surface area contributed by atoms with Gasteiger partial charge in [-0.2, -0.15) is 0 Å². The fraction of sp³-hybridized carbons (Fsp3) is 0.522. The number of carbonyl (C=O) groups excluding carboxylic acids is 1. The van der Waals surface area contributed by atoms with Gasteiger partial charge in [0.05, 0.1) is 5.69 Å². The largest absolute Gasteiger partial charge is 0.356 e. The minimum Gasteiger partial charge on any atom is -0.356 e. The second-order valence-electron chi connectivity index (χ2n) is 8.95. The van der Waals surface area contributed by atoms with Crippen LogP contribution in [0.4, 0.5) is 5.82 Å². The fourth-order valence-electron chi connectivity index (χ4n) is 3.22. The lowest BCUT2D eigenvalue weighted by atomic mass is 9.92. The molecule has 1 aliphatic rings. The number of aromatic nitrogens is 2. The Morgan fingerprint density at radius 2 is 1.79 bits per heavy atom. The van der Waals surface area contributed by atoms with Gasteiger partial charge in [-0.25, -0.2) is 9.97 Å². The van der Waals surface area contributed by atoms with Crippen molar-refractivity contribution in [2.24, 2.45) is 0 Å². The van der Waals surface area contributed by atoms with Crippen LogP contribution in [0.2, 0.25) is 0 Å². The van der Waals surface area contributed by atoms with E-state index in [0.29, 0.717) is 5.56 Å². The number of nitrogens with zero attached hydrogens (tertiary/aromatic N) is 3. The highest BCUT2D eigenvalue weighted by molar-refractivity contribution is 7.98. The highest BCUT2D eigenvalue weighted by atomic mass is 32.2. The molecule has 1 N–H and O–H groups in total. The van der Waals surface area contributed by atoms with Gasteiger partial charge in [0.15, 0.2) is 5.16 Å². The average molecular weight is 413 g/mol. The van der Waals surface area contributed by atoms with Crippen molar-refractivity contribution in [2.75, 3.05) is 18.0 Å². The summed E-state index contributed by atoms with van der Waals surface area (Å²) in [7, 11) is 0. The van der Waals surface area contributed by atoms with Crippen LogP contribution < -0.4 is 10.2 Å². The van der Waals surface area contributed by atoms with Gasteiger partial charge in [-0.15, -0.1) is 0 Å². The molecule has 5 nitrogen and oxygen atoms in total. The zero-order chi connectivity index (χ0) is 21.0. The first-order valence-electron chi connectivity index (χ1n) is 10.4. The summed E-state index contributed by atoms with van der Waals surface area (Å²) in [5, 5.41) is 3.74. The molecule has 2 heterocycles. The van der Waals surface area contributed by atoms with E-state index in [-0.39, 0.29) is 17.4 Å². The van der Waals surface area contributed by atoms with Gasteiger partial charge in [0.1, 0.15) is 5.82 Å². The molecular weight excluding hydrogens is 380 g/mol. The number of benzene rings is 1.